The summed E-state index contributed by atoms with van der Waals surface area (Å²) in [6.07, 6.45) is 0. The molecule has 0 aromatic heterocycles. The van der Waals surface area contributed by atoms with E-state index in [0.29, 0.717) is 5.75 Å². The van der Waals surface area contributed by atoms with E-state index in [1.165, 1.54) is 0 Å². The lowest BCUT2D eigenvalue weighted by Gasteiger charge is -2.16. The van der Waals surface area contributed by atoms with Crippen LogP contribution < -0.4 is 10.1 Å². The summed E-state index contributed by atoms with van der Waals surface area (Å²) in [4.78, 5) is 34.8. The monoisotopic (exact) mass is 343 g/mol. The highest BCUT2D eigenvalue weighted by Crippen LogP contribution is 2.19. The summed E-state index contributed by atoms with van der Waals surface area (Å²) < 4.78 is 5.07. The zero-order valence-electron chi connectivity index (χ0n) is 13.6. The van der Waals surface area contributed by atoms with Crippen LogP contribution in [0, 0.1) is 0 Å². The van der Waals surface area contributed by atoms with E-state index < -0.39 is 23.9 Å². The Kier molecular flexibility index (Phi) is 5.38. The van der Waals surface area contributed by atoms with Gasteiger partial charge in [-0.1, -0.05) is 12.1 Å². The van der Waals surface area contributed by atoms with E-state index >= 15 is 0 Å². The van der Waals surface area contributed by atoms with Gasteiger partial charge in [0.2, 0.25) is 0 Å². The third-order valence-electron chi connectivity index (χ3n) is 3.70. The van der Waals surface area contributed by atoms with E-state index in [1.54, 1.807) is 38.3 Å². The van der Waals surface area contributed by atoms with Crippen molar-refractivity contribution in [2.45, 2.75) is 13.0 Å². The van der Waals surface area contributed by atoms with Gasteiger partial charge >= 0.3 is 11.9 Å². The number of carboxylic acid groups (broad SMARTS) is 2. The Balaban J connectivity index is 2.27. The van der Waals surface area contributed by atoms with Crippen LogP contribution in [-0.2, 0) is 0 Å². The molecule has 7 nitrogen and oxygen atoms in total. The number of nitrogens with one attached hydrogen (secondary N) is 1. The summed E-state index contributed by atoms with van der Waals surface area (Å²) in [5.74, 6) is -2.54. The van der Waals surface area contributed by atoms with Crippen molar-refractivity contribution in [2.24, 2.45) is 0 Å². The van der Waals surface area contributed by atoms with Gasteiger partial charge < -0.3 is 20.3 Å². The predicted molar refractivity (Wildman–Crippen MR) is 89.2 cm³/mol. The summed E-state index contributed by atoms with van der Waals surface area (Å²) in [6.45, 7) is 1.74. The first-order valence-electron chi connectivity index (χ1n) is 7.39. The fraction of sp³-hybridized carbons (Fsp3) is 0.167. The van der Waals surface area contributed by atoms with Crippen molar-refractivity contribution in [1.29, 1.82) is 0 Å². The highest BCUT2D eigenvalue weighted by molar-refractivity contribution is 6.06. The third kappa shape index (κ3) is 4.14. The second kappa shape index (κ2) is 7.48. The quantitative estimate of drug-likeness (QED) is 0.743. The zero-order chi connectivity index (χ0) is 18.6. The number of aromatic carboxylic acids is 2. The van der Waals surface area contributed by atoms with Crippen LogP contribution in [0.1, 0.15) is 49.6 Å². The summed E-state index contributed by atoms with van der Waals surface area (Å²) in [5.41, 5.74) is 0.171. The molecule has 2 aromatic carbocycles. The topological polar surface area (TPSA) is 113 Å². The standard InChI is InChI=1S/C18H17NO6/c1-10(11-3-6-13(25-2)7-4-11)19-16(20)15-9-12(17(21)22)5-8-14(15)18(23)24/h3-10H,1-2H3,(H,19,20)(H,21,22)(H,23,24)/t10-/m0/s1. The SMILES string of the molecule is COc1ccc([C@H](C)NC(=O)c2cc(C(=O)O)ccc2C(=O)O)cc1. The molecule has 0 bridgehead atoms. The van der Waals surface area contributed by atoms with Crippen molar-refractivity contribution in [1.82, 2.24) is 5.32 Å². The van der Waals surface area contributed by atoms with Crippen LogP contribution >= 0.6 is 0 Å². The van der Waals surface area contributed by atoms with Crippen LogP contribution in [0.2, 0.25) is 0 Å². The first kappa shape index (κ1) is 18.0. The number of methoxy groups -OCH3 is 1. The Morgan fingerprint density at radius 3 is 2.12 bits per heavy atom. The molecule has 0 aliphatic rings. The van der Waals surface area contributed by atoms with Gasteiger partial charge in [-0.25, -0.2) is 9.59 Å². The molecule has 0 saturated carbocycles. The van der Waals surface area contributed by atoms with Gasteiger partial charge in [0.25, 0.3) is 5.91 Å². The van der Waals surface area contributed by atoms with Crippen LogP contribution in [-0.4, -0.2) is 35.2 Å². The number of rotatable bonds is 6. The number of ether oxygens (including phenoxy) is 1. The van der Waals surface area contributed by atoms with Crippen LogP contribution in [0.4, 0.5) is 0 Å². The lowest BCUT2D eigenvalue weighted by molar-refractivity contribution is 0.0678. The number of hydrogen-bond donors (Lipinski definition) is 3. The molecule has 130 valence electrons. The number of carbonyl (C=O) groups is 3. The van der Waals surface area contributed by atoms with Crippen molar-refractivity contribution in [3.8, 4) is 5.75 Å². The Labute approximate surface area is 143 Å². The first-order valence-corrected chi connectivity index (χ1v) is 7.39. The Hall–Kier alpha value is -3.35. The first-order chi connectivity index (χ1) is 11.8. The Morgan fingerprint density at radius 1 is 0.960 bits per heavy atom. The van der Waals surface area contributed by atoms with Crippen molar-refractivity contribution >= 4 is 17.8 Å². The van der Waals surface area contributed by atoms with Crippen molar-refractivity contribution < 1.29 is 29.3 Å². The molecule has 2 aromatic rings. The number of carboxylic acids is 2. The molecule has 1 amide bonds. The van der Waals surface area contributed by atoms with Crippen LogP contribution in [0.5, 0.6) is 5.75 Å². The second-order valence-corrected chi connectivity index (χ2v) is 5.34. The van der Waals surface area contributed by atoms with Gasteiger partial charge in [0.1, 0.15) is 5.75 Å². The molecule has 0 fully saturated rings. The maximum Gasteiger partial charge on any atom is 0.336 e. The van der Waals surface area contributed by atoms with E-state index in [-0.39, 0.29) is 16.7 Å². The number of benzene rings is 2. The summed E-state index contributed by atoms with van der Waals surface area (Å²) >= 11 is 0. The molecule has 0 aliphatic carbocycles. The molecule has 25 heavy (non-hydrogen) atoms. The molecular weight excluding hydrogens is 326 g/mol. The molecular formula is C18H17NO6. The van der Waals surface area contributed by atoms with Gasteiger partial charge in [-0.3, -0.25) is 4.79 Å². The minimum atomic E-state index is -1.31. The van der Waals surface area contributed by atoms with Crippen LogP contribution in [0.15, 0.2) is 42.5 Å². The van der Waals surface area contributed by atoms with Crippen LogP contribution in [0.25, 0.3) is 0 Å². The van der Waals surface area contributed by atoms with Gasteiger partial charge in [0.15, 0.2) is 0 Å². The predicted octanol–water partition coefficient (Wildman–Crippen LogP) is 2.58. The van der Waals surface area contributed by atoms with Gasteiger partial charge in [-0.2, -0.15) is 0 Å². The second-order valence-electron chi connectivity index (χ2n) is 5.34. The average Bonchev–Trinajstić information content (AvgIpc) is 2.60. The van der Waals surface area contributed by atoms with Crippen molar-refractivity contribution in [3.63, 3.8) is 0 Å². The molecule has 3 N–H and O–H groups in total. The molecule has 0 radical (unpaired) electrons. The van der Waals surface area contributed by atoms with E-state index in [9.17, 15) is 19.5 Å². The van der Waals surface area contributed by atoms with E-state index in [4.69, 9.17) is 9.84 Å². The molecule has 0 heterocycles. The minimum Gasteiger partial charge on any atom is -0.497 e. The fourth-order valence-electron chi connectivity index (χ4n) is 2.30. The lowest BCUT2D eigenvalue weighted by atomic mass is 10.0. The van der Waals surface area contributed by atoms with Crippen molar-refractivity contribution in [3.05, 3.63) is 64.7 Å². The van der Waals surface area contributed by atoms with Gasteiger partial charge in [-0.15, -0.1) is 0 Å². The number of hydrogen-bond acceptors (Lipinski definition) is 4. The summed E-state index contributed by atoms with van der Waals surface area (Å²) in [7, 11) is 1.54. The Bertz CT molecular complexity index is 813. The fourth-order valence-corrected chi connectivity index (χ4v) is 2.30. The van der Waals surface area contributed by atoms with Crippen LogP contribution in [0.3, 0.4) is 0 Å². The highest BCUT2D eigenvalue weighted by atomic mass is 16.5. The smallest absolute Gasteiger partial charge is 0.336 e. The maximum absolute atomic E-state index is 12.5. The average molecular weight is 343 g/mol. The lowest BCUT2D eigenvalue weighted by Crippen LogP contribution is -2.28. The molecule has 1 atom stereocenters. The van der Waals surface area contributed by atoms with Gasteiger partial charge in [-0.05, 0) is 42.8 Å². The normalized spacial score (nSPS) is 11.4. The number of amides is 1. The zero-order valence-corrected chi connectivity index (χ0v) is 13.6. The maximum atomic E-state index is 12.5. The number of carbonyl (C=O) groups excluding carboxylic acids is 1. The molecule has 0 aliphatic heterocycles. The van der Waals surface area contributed by atoms with Gasteiger partial charge in [0, 0.05) is 0 Å². The highest BCUT2D eigenvalue weighted by Gasteiger charge is 2.20. The molecule has 0 unspecified atom stereocenters. The summed E-state index contributed by atoms with van der Waals surface area (Å²) in [6, 6.07) is 9.94. The van der Waals surface area contributed by atoms with E-state index in [0.717, 1.165) is 23.8 Å². The van der Waals surface area contributed by atoms with Gasteiger partial charge in [0.05, 0.1) is 29.8 Å². The Morgan fingerprint density at radius 2 is 1.60 bits per heavy atom. The largest absolute Gasteiger partial charge is 0.497 e. The molecule has 7 heteroatoms. The molecule has 2 rings (SSSR count). The van der Waals surface area contributed by atoms with E-state index in [1.807, 2.05) is 0 Å². The summed E-state index contributed by atoms with van der Waals surface area (Å²) in [5, 5.41) is 20.9. The van der Waals surface area contributed by atoms with Crippen molar-refractivity contribution in [2.75, 3.05) is 7.11 Å². The third-order valence-corrected chi connectivity index (χ3v) is 3.70. The molecule has 0 spiro atoms. The van der Waals surface area contributed by atoms with E-state index in [2.05, 4.69) is 5.32 Å². The minimum absolute atomic E-state index is 0.160. The molecule has 0 saturated heterocycles.